The number of sulfonamides is 1. The van der Waals surface area contributed by atoms with Crippen LogP contribution < -0.4 is 10.1 Å². The molecule has 0 bridgehead atoms. The second-order valence-corrected chi connectivity index (χ2v) is 8.79. The molecule has 0 aliphatic heterocycles. The normalized spacial score (nSPS) is 12.3. The molecule has 168 valence electrons. The topological polar surface area (TPSA) is 102 Å². The summed E-state index contributed by atoms with van der Waals surface area (Å²) < 4.78 is 37.2. The maximum Gasteiger partial charge on any atom is 0.338 e. The van der Waals surface area contributed by atoms with E-state index >= 15 is 0 Å². The van der Waals surface area contributed by atoms with Gasteiger partial charge in [0, 0.05) is 13.1 Å². The third-order valence-electron chi connectivity index (χ3n) is 4.51. The maximum absolute atomic E-state index is 12.8. The summed E-state index contributed by atoms with van der Waals surface area (Å²) in [5.74, 6) is -0.962. The molecule has 0 saturated heterocycles. The minimum absolute atomic E-state index is 0.00888. The summed E-state index contributed by atoms with van der Waals surface area (Å²) in [7, 11) is -2.41. The number of nitrogens with one attached hydrogen (secondary N) is 1. The summed E-state index contributed by atoms with van der Waals surface area (Å²) in [4.78, 5) is 24.8. The molecule has 2 aromatic carbocycles. The number of benzene rings is 2. The Balaban J connectivity index is 2.19. The fraction of sp³-hybridized carbons (Fsp3) is 0.333. The molecule has 0 spiro atoms. The van der Waals surface area contributed by atoms with Gasteiger partial charge in [-0.1, -0.05) is 37.6 Å². The molecule has 2 rings (SSSR count). The van der Waals surface area contributed by atoms with Gasteiger partial charge in [0.15, 0.2) is 6.10 Å². The number of methoxy groups -OCH3 is 1. The van der Waals surface area contributed by atoms with Gasteiger partial charge < -0.3 is 14.8 Å². The molecule has 0 saturated carbocycles. The van der Waals surface area contributed by atoms with Gasteiger partial charge in [-0.15, -0.1) is 0 Å². The van der Waals surface area contributed by atoms with Crippen LogP contribution in [-0.4, -0.2) is 50.9 Å². The SMILES string of the molecule is CCN(CC)S(=O)(=O)c1cc(C(=O)O[C@H](C)C(=O)Nc2ccccc2OC)ccc1Cl. The molecule has 0 fully saturated rings. The summed E-state index contributed by atoms with van der Waals surface area (Å²) in [5, 5.41) is 2.62. The smallest absolute Gasteiger partial charge is 0.338 e. The number of para-hydroxylation sites is 2. The van der Waals surface area contributed by atoms with Gasteiger partial charge in [-0.3, -0.25) is 4.79 Å². The minimum atomic E-state index is -3.88. The van der Waals surface area contributed by atoms with Crippen LogP contribution in [0.1, 0.15) is 31.1 Å². The molecule has 2 aromatic rings. The monoisotopic (exact) mass is 468 g/mol. The van der Waals surface area contributed by atoms with E-state index < -0.39 is 28.0 Å². The quantitative estimate of drug-likeness (QED) is 0.564. The lowest BCUT2D eigenvalue weighted by Gasteiger charge is -2.20. The largest absolute Gasteiger partial charge is 0.495 e. The van der Waals surface area contributed by atoms with Gasteiger partial charge in [-0.05, 0) is 37.3 Å². The fourth-order valence-corrected chi connectivity index (χ4v) is 4.75. The predicted molar refractivity (Wildman–Crippen MR) is 118 cm³/mol. The molecule has 1 N–H and O–H groups in total. The number of hydrogen-bond donors (Lipinski definition) is 1. The Morgan fingerprint density at radius 1 is 1.13 bits per heavy atom. The summed E-state index contributed by atoms with van der Waals surface area (Å²) in [6, 6.07) is 10.6. The summed E-state index contributed by atoms with van der Waals surface area (Å²) in [6.45, 7) is 5.32. The van der Waals surface area contributed by atoms with Gasteiger partial charge in [0.2, 0.25) is 10.0 Å². The van der Waals surface area contributed by atoms with Crippen molar-refractivity contribution in [2.45, 2.75) is 31.8 Å². The Morgan fingerprint density at radius 2 is 1.77 bits per heavy atom. The van der Waals surface area contributed by atoms with E-state index in [0.29, 0.717) is 11.4 Å². The number of nitrogens with zero attached hydrogens (tertiary/aromatic N) is 1. The summed E-state index contributed by atoms with van der Waals surface area (Å²) in [6.07, 6.45) is -1.14. The van der Waals surface area contributed by atoms with Crippen LogP contribution in [0, 0.1) is 0 Å². The van der Waals surface area contributed by atoms with Gasteiger partial charge >= 0.3 is 5.97 Å². The van der Waals surface area contributed by atoms with Crippen molar-refractivity contribution in [3.63, 3.8) is 0 Å². The Kier molecular flexibility index (Phi) is 8.43. The Labute approximate surface area is 187 Å². The Morgan fingerprint density at radius 3 is 2.39 bits per heavy atom. The highest BCUT2D eigenvalue weighted by molar-refractivity contribution is 7.89. The molecule has 0 aliphatic carbocycles. The van der Waals surface area contributed by atoms with Crippen molar-refractivity contribution in [3.05, 3.63) is 53.1 Å². The zero-order valence-electron chi connectivity index (χ0n) is 17.7. The number of carbonyl (C=O) groups excluding carboxylic acids is 2. The van der Waals surface area contributed by atoms with Crippen LogP contribution in [0.3, 0.4) is 0 Å². The molecule has 31 heavy (non-hydrogen) atoms. The van der Waals surface area contributed by atoms with E-state index in [2.05, 4.69) is 5.32 Å². The van der Waals surface area contributed by atoms with Crippen LogP contribution in [0.4, 0.5) is 5.69 Å². The van der Waals surface area contributed by atoms with E-state index in [9.17, 15) is 18.0 Å². The molecular weight excluding hydrogens is 444 g/mol. The van der Waals surface area contributed by atoms with E-state index in [1.165, 1.54) is 30.5 Å². The molecule has 0 aliphatic rings. The number of carbonyl (C=O) groups is 2. The second-order valence-electron chi connectivity index (χ2n) is 6.47. The number of anilines is 1. The first kappa shape index (κ1) is 24.6. The number of amides is 1. The molecule has 8 nitrogen and oxygen atoms in total. The molecule has 0 aromatic heterocycles. The standard InChI is InChI=1S/C21H25ClN2O6S/c1-5-24(6-2)31(27,28)19-13-15(11-12-16(19)22)21(26)30-14(3)20(25)23-17-9-7-8-10-18(17)29-4/h7-14H,5-6H2,1-4H3,(H,23,25)/t14-/m1/s1. The van der Waals surface area contributed by atoms with Gasteiger partial charge in [0.1, 0.15) is 10.6 Å². The van der Waals surface area contributed by atoms with Crippen molar-refractivity contribution in [1.82, 2.24) is 4.31 Å². The van der Waals surface area contributed by atoms with Crippen LogP contribution in [0.2, 0.25) is 5.02 Å². The molecule has 10 heteroatoms. The van der Waals surface area contributed by atoms with E-state index in [1.54, 1.807) is 38.1 Å². The Hall–Kier alpha value is -2.62. The highest BCUT2D eigenvalue weighted by atomic mass is 35.5. The molecular formula is C21H25ClN2O6S. The van der Waals surface area contributed by atoms with Crippen LogP contribution in [-0.2, 0) is 19.6 Å². The van der Waals surface area contributed by atoms with E-state index in [4.69, 9.17) is 21.1 Å². The predicted octanol–water partition coefficient (Wildman–Crippen LogP) is 3.56. The maximum atomic E-state index is 12.8. The van der Waals surface area contributed by atoms with Gasteiger partial charge in [0.25, 0.3) is 5.91 Å². The zero-order chi connectivity index (χ0) is 23.2. The number of halogens is 1. The van der Waals surface area contributed by atoms with Crippen molar-refractivity contribution in [2.24, 2.45) is 0 Å². The lowest BCUT2D eigenvalue weighted by atomic mass is 10.2. The first-order chi connectivity index (χ1) is 14.6. The van der Waals surface area contributed by atoms with Gasteiger partial charge in [-0.25, -0.2) is 13.2 Å². The fourth-order valence-electron chi connectivity index (χ4n) is 2.80. The van der Waals surface area contributed by atoms with Crippen molar-refractivity contribution < 1.29 is 27.5 Å². The van der Waals surface area contributed by atoms with E-state index in [-0.39, 0.29) is 28.6 Å². The van der Waals surface area contributed by atoms with Crippen molar-refractivity contribution in [3.8, 4) is 5.75 Å². The highest BCUT2D eigenvalue weighted by Gasteiger charge is 2.27. The highest BCUT2D eigenvalue weighted by Crippen LogP contribution is 2.27. The lowest BCUT2D eigenvalue weighted by Crippen LogP contribution is -2.31. The molecule has 0 unspecified atom stereocenters. The van der Waals surface area contributed by atoms with Crippen molar-refractivity contribution in [2.75, 3.05) is 25.5 Å². The number of ether oxygens (including phenoxy) is 2. The van der Waals surface area contributed by atoms with Crippen LogP contribution in [0.5, 0.6) is 5.75 Å². The Bertz CT molecular complexity index is 1050. The van der Waals surface area contributed by atoms with Crippen LogP contribution >= 0.6 is 11.6 Å². The van der Waals surface area contributed by atoms with Gasteiger partial charge in [0.05, 0.1) is 23.4 Å². The van der Waals surface area contributed by atoms with E-state index in [0.717, 1.165) is 6.07 Å². The van der Waals surface area contributed by atoms with Crippen LogP contribution in [0.15, 0.2) is 47.4 Å². The minimum Gasteiger partial charge on any atom is -0.495 e. The van der Waals surface area contributed by atoms with E-state index in [1.807, 2.05) is 0 Å². The molecule has 1 atom stereocenters. The first-order valence-corrected chi connectivity index (χ1v) is 11.4. The molecule has 0 radical (unpaired) electrons. The molecule has 1 amide bonds. The lowest BCUT2D eigenvalue weighted by molar-refractivity contribution is -0.123. The third-order valence-corrected chi connectivity index (χ3v) is 7.04. The summed E-state index contributed by atoms with van der Waals surface area (Å²) >= 11 is 6.08. The first-order valence-electron chi connectivity index (χ1n) is 9.60. The zero-order valence-corrected chi connectivity index (χ0v) is 19.3. The average molecular weight is 469 g/mol. The van der Waals surface area contributed by atoms with Crippen molar-refractivity contribution >= 4 is 39.2 Å². The average Bonchev–Trinajstić information content (AvgIpc) is 2.74. The second kappa shape index (κ2) is 10.6. The number of rotatable bonds is 9. The number of hydrogen-bond acceptors (Lipinski definition) is 6. The third kappa shape index (κ3) is 5.75. The van der Waals surface area contributed by atoms with Crippen LogP contribution in [0.25, 0.3) is 0 Å². The molecule has 0 heterocycles. The summed E-state index contributed by atoms with van der Waals surface area (Å²) in [5.41, 5.74) is 0.393. The van der Waals surface area contributed by atoms with Gasteiger partial charge in [-0.2, -0.15) is 4.31 Å². The number of esters is 1. The van der Waals surface area contributed by atoms with Crippen molar-refractivity contribution in [1.29, 1.82) is 0 Å².